The number of rotatable bonds is 3. The summed E-state index contributed by atoms with van der Waals surface area (Å²) in [6.45, 7) is 2.09. The van der Waals surface area contributed by atoms with Gasteiger partial charge in [0.15, 0.2) is 0 Å². The van der Waals surface area contributed by atoms with Gasteiger partial charge in [-0.3, -0.25) is 4.98 Å². The Balaban J connectivity index is 2.32. The molecule has 0 unspecified atom stereocenters. The number of esters is 1. The fourth-order valence-electron chi connectivity index (χ4n) is 2.36. The van der Waals surface area contributed by atoms with Crippen LogP contribution in [0.1, 0.15) is 17.4 Å². The SMILES string of the molecule is CCOC(=O)c1[nH]c2cc(Br)c(Cl)cc2c1-c1cccnc1. The lowest BCUT2D eigenvalue weighted by atomic mass is 10.0. The van der Waals surface area contributed by atoms with Crippen molar-refractivity contribution >= 4 is 44.4 Å². The van der Waals surface area contributed by atoms with Crippen LogP contribution in [0, 0.1) is 0 Å². The highest BCUT2D eigenvalue weighted by Crippen LogP contribution is 2.36. The van der Waals surface area contributed by atoms with Crippen LogP contribution in [0.4, 0.5) is 0 Å². The largest absolute Gasteiger partial charge is 0.461 e. The van der Waals surface area contributed by atoms with Gasteiger partial charge in [-0.25, -0.2) is 4.79 Å². The minimum Gasteiger partial charge on any atom is -0.461 e. The number of fused-ring (bicyclic) bond motifs is 1. The summed E-state index contributed by atoms with van der Waals surface area (Å²) in [5, 5.41) is 1.43. The van der Waals surface area contributed by atoms with Gasteiger partial charge in [0.2, 0.25) is 0 Å². The molecule has 0 saturated heterocycles. The normalized spacial score (nSPS) is 10.9. The first kappa shape index (κ1) is 15.1. The highest BCUT2D eigenvalue weighted by molar-refractivity contribution is 9.10. The third kappa shape index (κ3) is 2.62. The maximum atomic E-state index is 12.3. The fraction of sp³-hybridized carbons (Fsp3) is 0.125. The highest BCUT2D eigenvalue weighted by Gasteiger charge is 2.21. The highest BCUT2D eigenvalue weighted by atomic mass is 79.9. The van der Waals surface area contributed by atoms with E-state index < -0.39 is 5.97 Å². The average Bonchev–Trinajstić information content (AvgIpc) is 2.87. The number of nitrogens with one attached hydrogen (secondary N) is 1. The molecule has 0 aliphatic carbocycles. The van der Waals surface area contributed by atoms with Crippen LogP contribution in [0.2, 0.25) is 5.02 Å². The maximum absolute atomic E-state index is 12.3. The van der Waals surface area contributed by atoms with Crippen molar-refractivity contribution in [2.75, 3.05) is 6.61 Å². The minimum atomic E-state index is -0.398. The van der Waals surface area contributed by atoms with Crippen LogP contribution in [-0.4, -0.2) is 22.5 Å². The molecule has 0 atom stereocenters. The number of ether oxygens (including phenoxy) is 1. The Kier molecular flexibility index (Phi) is 4.18. The van der Waals surface area contributed by atoms with Crippen LogP contribution in [0.25, 0.3) is 22.0 Å². The van der Waals surface area contributed by atoms with E-state index in [0.29, 0.717) is 17.3 Å². The van der Waals surface area contributed by atoms with Gasteiger partial charge in [0, 0.05) is 38.9 Å². The molecule has 0 aliphatic heterocycles. The van der Waals surface area contributed by atoms with Crippen LogP contribution in [0.3, 0.4) is 0 Å². The Morgan fingerprint density at radius 2 is 2.27 bits per heavy atom. The summed E-state index contributed by atoms with van der Waals surface area (Å²) < 4.78 is 5.91. The summed E-state index contributed by atoms with van der Waals surface area (Å²) in [4.78, 5) is 19.5. The van der Waals surface area contributed by atoms with Gasteiger partial charge in [-0.2, -0.15) is 0 Å². The third-order valence-electron chi connectivity index (χ3n) is 3.27. The van der Waals surface area contributed by atoms with Gasteiger partial charge in [-0.1, -0.05) is 17.7 Å². The topological polar surface area (TPSA) is 55.0 Å². The van der Waals surface area contributed by atoms with E-state index in [0.717, 1.165) is 26.5 Å². The second-order valence-electron chi connectivity index (χ2n) is 4.65. The van der Waals surface area contributed by atoms with Gasteiger partial charge in [0.05, 0.1) is 11.6 Å². The van der Waals surface area contributed by atoms with E-state index in [1.807, 2.05) is 24.3 Å². The molecule has 1 N–H and O–H groups in total. The molecule has 2 aromatic heterocycles. The van der Waals surface area contributed by atoms with Crippen molar-refractivity contribution in [3.63, 3.8) is 0 Å². The Hall–Kier alpha value is -1.85. The van der Waals surface area contributed by atoms with E-state index in [1.54, 1.807) is 19.3 Å². The van der Waals surface area contributed by atoms with Crippen LogP contribution < -0.4 is 0 Å². The van der Waals surface area contributed by atoms with E-state index in [1.165, 1.54) is 0 Å². The molecule has 6 heteroatoms. The number of pyridine rings is 1. The Morgan fingerprint density at radius 3 is 2.95 bits per heavy atom. The summed E-state index contributed by atoms with van der Waals surface area (Å²) >= 11 is 9.60. The zero-order chi connectivity index (χ0) is 15.7. The molecule has 4 nitrogen and oxygen atoms in total. The molecule has 22 heavy (non-hydrogen) atoms. The first-order valence-corrected chi connectivity index (χ1v) is 7.87. The summed E-state index contributed by atoms with van der Waals surface area (Å²) in [7, 11) is 0. The average molecular weight is 380 g/mol. The molecule has 0 saturated carbocycles. The number of hydrogen-bond donors (Lipinski definition) is 1. The zero-order valence-corrected chi connectivity index (χ0v) is 14.0. The fourth-order valence-corrected chi connectivity index (χ4v) is 2.86. The van der Waals surface area contributed by atoms with Gasteiger partial charge < -0.3 is 9.72 Å². The molecule has 0 radical (unpaired) electrons. The number of benzene rings is 1. The standard InChI is InChI=1S/C16H12BrClN2O2/c1-2-22-16(21)15-14(9-4-3-5-19-8-9)10-6-12(18)11(17)7-13(10)20-15/h3-8,20H,2H2,1H3. The molecule has 3 rings (SSSR count). The van der Waals surface area contributed by atoms with Crippen LogP contribution in [0.5, 0.6) is 0 Å². The molecule has 0 aliphatic rings. The van der Waals surface area contributed by atoms with Crippen LogP contribution in [-0.2, 0) is 4.74 Å². The van der Waals surface area contributed by atoms with Crippen molar-refractivity contribution < 1.29 is 9.53 Å². The molecular formula is C16H12BrClN2O2. The molecule has 0 fully saturated rings. The number of carbonyl (C=O) groups excluding carboxylic acids is 1. The predicted octanol–water partition coefficient (Wildman–Crippen LogP) is 4.82. The van der Waals surface area contributed by atoms with E-state index in [2.05, 4.69) is 25.9 Å². The molecule has 112 valence electrons. The van der Waals surface area contributed by atoms with Gasteiger partial charge >= 0.3 is 5.97 Å². The molecule has 1 aromatic carbocycles. The number of nitrogens with zero attached hydrogens (tertiary/aromatic N) is 1. The van der Waals surface area contributed by atoms with Crippen molar-refractivity contribution in [1.29, 1.82) is 0 Å². The summed E-state index contributed by atoms with van der Waals surface area (Å²) in [5.41, 5.74) is 2.78. The zero-order valence-electron chi connectivity index (χ0n) is 11.7. The number of aromatic amines is 1. The lowest BCUT2D eigenvalue weighted by Crippen LogP contribution is -2.06. The monoisotopic (exact) mass is 378 g/mol. The third-order valence-corrected chi connectivity index (χ3v) is 4.47. The predicted molar refractivity (Wildman–Crippen MR) is 90.2 cm³/mol. The molecule has 0 amide bonds. The Bertz CT molecular complexity index is 846. The second kappa shape index (κ2) is 6.10. The van der Waals surface area contributed by atoms with E-state index >= 15 is 0 Å². The summed E-state index contributed by atoms with van der Waals surface area (Å²) in [6.07, 6.45) is 3.40. The maximum Gasteiger partial charge on any atom is 0.355 e. The Labute approximate surface area is 140 Å². The number of carbonyl (C=O) groups is 1. The van der Waals surface area contributed by atoms with Crippen molar-refractivity contribution in [2.45, 2.75) is 6.92 Å². The van der Waals surface area contributed by atoms with Gasteiger partial charge in [0.1, 0.15) is 5.69 Å². The van der Waals surface area contributed by atoms with Crippen LogP contribution in [0.15, 0.2) is 41.1 Å². The second-order valence-corrected chi connectivity index (χ2v) is 5.91. The van der Waals surface area contributed by atoms with Crippen LogP contribution >= 0.6 is 27.5 Å². The first-order valence-electron chi connectivity index (χ1n) is 6.70. The van der Waals surface area contributed by atoms with Crippen molar-refractivity contribution in [1.82, 2.24) is 9.97 Å². The first-order chi connectivity index (χ1) is 10.6. The quantitative estimate of drug-likeness (QED) is 0.664. The Morgan fingerprint density at radius 1 is 1.45 bits per heavy atom. The van der Waals surface area contributed by atoms with E-state index in [9.17, 15) is 4.79 Å². The smallest absolute Gasteiger partial charge is 0.355 e. The number of H-pyrrole nitrogens is 1. The van der Waals surface area contributed by atoms with Crippen molar-refractivity contribution in [2.24, 2.45) is 0 Å². The molecule has 2 heterocycles. The molecule has 0 bridgehead atoms. The van der Waals surface area contributed by atoms with E-state index in [4.69, 9.17) is 16.3 Å². The minimum absolute atomic E-state index is 0.311. The van der Waals surface area contributed by atoms with Gasteiger partial charge in [-0.05, 0) is 41.1 Å². The van der Waals surface area contributed by atoms with Gasteiger partial charge in [0.25, 0.3) is 0 Å². The number of aromatic nitrogens is 2. The lowest BCUT2D eigenvalue weighted by molar-refractivity contribution is 0.0521. The lowest BCUT2D eigenvalue weighted by Gasteiger charge is -2.04. The van der Waals surface area contributed by atoms with E-state index in [-0.39, 0.29) is 0 Å². The number of hydrogen-bond acceptors (Lipinski definition) is 3. The van der Waals surface area contributed by atoms with Crippen molar-refractivity contribution in [3.05, 3.63) is 51.8 Å². The van der Waals surface area contributed by atoms with Gasteiger partial charge in [-0.15, -0.1) is 0 Å². The van der Waals surface area contributed by atoms with Crippen molar-refractivity contribution in [3.8, 4) is 11.1 Å². The molecular weight excluding hydrogens is 368 g/mol. The molecule has 0 spiro atoms. The number of halogens is 2. The summed E-state index contributed by atoms with van der Waals surface area (Å²) in [6, 6.07) is 7.39. The summed E-state index contributed by atoms with van der Waals surface area (Å²) in [5.74, 6) is -0.398. The molecule has 3 aromatic rings.